The third-order valence-corrected chi connectivity index (χ3v) is 3.92. The molecule has 0 aromatic heterocycles. The Balaban J connectivity index is 2.56. The summed E-state index contributed by atoms with van der Waals surface area (Å²) in [6.45, 7) is 11.5. The maximum Gasteiger partial charge on any atom is 0.251 e. The van der Waals surface area contributed by atoms with Gasteiger partial charge in [-0.25, -0.2) is 0 Å². The molecule has 1 unspecified atom stereocenters. The van der Waals surface area contributed by atoms with Crippen LogP contribution in [0.1, 0.15) is 57.0 Å². The van der Waals surface area contributed by atoms with Gasteiger partial charge in [-0.2, -0.15) is 0 Å². The van der Waals surface area contributed by atoms with E-state index in [1.54, 1.807) is 0 Å². The van der Waals surface area contributed by atoms with E-state index in [2.05, 4.69) is 55.9 Å². The Morgan fingerprint density at radius 3 is 2.20 bits per heavy atom. The molecule has 0 aliphatic rings. The lowest BCUT2D eigenvalue weighted by Gasteiger charge is -2.19. The first-order valence-corrected chi connectivity index (χ1v) is 8.14. The smallest absolute Gasteiger partial charge is 0.251 e. The van der Waals surface area contributed by atoms with E-state index in [0.717, 1.165) is 12.0 Å². The fraction of sp³-hybridized carbons (Fsp3) is 0.588. The topological polar surface area (TPSA) is 29.1 Å². The number of rotatable bonds is 5. The van der Waals surface area contributed by atoms with Crippen LogP contribution in [0.25, 0.3) is 0 Å². The molecule has 112 valence electrons. The average molecular weight is 340 g/mol. The predicted octanol–water partition coefficient (Wildman–Crippen LogP) is 4.52. The number of alkyl halides is 1. The number of amides is 1. The molecule has 0 heterocycles. The van der Waals surface area contributed by atoms with Gasteiger partial charge in [-0.15, -0.1) is 0 Å². The van der Waals surface area contributed by atoms with Crippen LogP contribution in [0.15, 0.2) is 24.3 Å². The van der Waals surface area contributed by atoms with Crippen molar-refractivity contribution >= 4 is 21.8 Å². The minimum absolute atomic E-state index is 0.00124. The molecule has 0 saturated carbocycles. The number of hydrogen-bond acceptors (Lipinski definition) is 1. The number of benzene rings is 1. The molecule has 20 heavy (non-hydrogen) atoms. The Morgan fingerprint density at radius 1 is 1.20 bits per heavy atom. The van der Waals surface area contributed by atoms with E-state index in [4.69, 9.17) is 0 Å². The molecule has 1 rings (SSSR count). The molecule has 3 heteroatoms. The van der Waals surface area contributed by atoms with Gasteiger partial charge in [0.05, 0.1) is 0 Å². The monoisotopic (exact) mass is 339 g/mol. The summed E-state index contributed by atoms with van der Waals surface area (Å²) in [5.41, 5.74) is 2.09. The normalized spacial score (nSPS) is 13.3. The third-order valence-electron chi connectivity index (χ3n) is 3.22. The molecule has 0 spiro atoms. The van der Waals surface area contributed by atoms with Crippen LogP contribution in [-0.4, -0.2) is 17.3 Å². The third kappa shape index (κ3) is 5.66. The van der Waals surface area contributed by atoms with Crippen LogP contribution < -0.4 is 5.32 Å². The second-order valence-electron chi connectivity index (χ2n) is 6.76. The van der Waals surface area contributed by atoms with Crippen LogP contribution >= 0.6 is 15.9 Å². The van der Waals surface area contributed by atoms with Crippen LogP contribution in [0.3, 0.4) is 0 Å². The van der Waals surface area contributed by atoms with E-state index in [1.165, 1.54) is 5.56 Å². The summed E-state index contributed by atoms with van der Waals surface area (Å²) in [6.07, 6.45) is 1.06. The van der Waals surface area contributed by atoms with Gasteiger partial charge in [0, 0.05) is 16.9 Å². The van der Waals surface area contributed by atoms with Crippen molar-refractivity contribution in [3.8, 4) is 0 Å². The molecule has 0 aliphatic heterocycles. The zero-order valence-electron chi connectivity index (χ0n) is 13.2. The summed E-state index contributed by atoms with van der Waals surface area (Å²) < 4.78 is 0. The molecular formula is C17H26BrNO. The molecule has 1 atom stereocenters. The van der Waals surface area contributed by atoms with E-state index < -0.39 is 0 Å². The minimum Gasteiger partial charge on any atom is -0.351 e. The SMILES string of the molecule is CC(C)CC(Br)CNC(=O)c1ccc(C(C)(C)C)cc1. The van der Waals surface area contributed by atoms with Gasteiger partial charge < -0.3 is 5.32 Å². The summed E-state index contributed by atoms with van der Waals surface area (Å²) in [4.78, 5) is 12.4. The fourth-order valence-electron chi connectivity index (χ4n) is 2.02. The average Bonchev–Trinajstić information content (AvgIpc) is 2.34. The quantitative estimate of drug-likeness (QED) is 0.785. The van der Waals surface area contributed by atoms with Gasteiger partial charge >= 0.3 is 0 Å². The van der Waals surface area contributed by atoms with Crippen molar-refractivity contribution in [2.24, 2.45) is 5.92 Å². The van der Waals surface area contributed by atoms with Crippen LogP contribution in [0.2, 0.25) is 0 Å². The lowest BCUT2D eigenvalue weighted by molar-refractivity contribution is 0.0953. The Hall–Kier alpha value is -0.830. The maximum atomic E-state index is 12.1. The molecule has 1 aromatic rings. The highest BCUT2D eigenvalue weighted by molar-refractivity contribution is 9.09. The van der Waals surface area contributed by atoms with Crippen molar-refractivity contribution in [3.05, 3.63) is 35.4 Å². The molecule has 0 saturated heterocycles. The van der Waals surface area contributed by atoms with Gasteiger partial charge in [-0.05, 0) is 35.4 Å². The van der Waals surface area contributed by atoms with E-state index in [9.17, 15) is 4.79 Å². The largest absolute Gasteiger partial charge is 0.351 e. The second-order valence-corrected chi connectivity index (χ2v) is 8.06. The predicted molar refractivity (Wildman–Crippen MR) is 89.6 cm³/mol. The van der Waals surface area contributed by atoms with Crippen LogP contribution in [-0.2, 0) is 5.41 Å². The molecule has 0 aliphatic carbocycles. The number of hydrogen-bond donors (Lipinski definition) is 1. The summed E-state index contributed by atoms with van der Waals surface area (Å²) in [7, 11) is 0. The zero-order valence-corrected chi connectivity index (χ0v) is 14.8. The first-order valence-electron chi connectivity index (χ1n) is 7.23. The molecule has 2 nitrogen and oxygen atoms in total. The Kier molecular flexibility index (Phi) is 6.25. The number of nitrogens with one attached hydrogen (secondary N) is 1. The van der Waals surface area contributed by atoms with E-state index in [1.807, 2.05) is 24.3 Å². The minimum atomic E-state index is -0.00124. The molecule has 1 N–H and O–H groups in total. The Morgan fingerprint density at radius 2 is 1.75 bits per heavy atom. The number of carbonyl (C=O) groups excluding carboxylic acids is 1. The van der Waals surface area contributed by atoms with Crippen molar-refractivity contribution in [1.29, 1.82) is 0 Å². The highest BCUT2D eigenvalue weighted by Gasteiger charge is 2.15. The number of halogens is 1. The summed E-state index contributed by atoms with van der Waals surface area (Å²) in [5.74, 6) is 0.626. The van der Waals surface area contributed by atoms with Crippen molar-refractivity contribution in [2.45, 2.75) is 51.3 Å². The molecule has 0 radical (unpaired) electrons. The zero-order chi connectivity index (χ0) is 15.3. The highest BCUT2D eigenvalue weighted by Crippen LogP contribution is 2.22. The van der Waals surface area contributed by atoms with Gasteiger partial charge in [0.2, 0.25) is 0 Å². The van der Waals surface area contributed by atoms with Gasteiger partial charge in [-0.1, -0.05) is 62.7 Å². The van der Waals surface area contributed by atoms with Crippen LogP contribution in [0.5, 0.6) is 0 Å². The molecular weight excluding hydrogens is 314 g/mol. The first kappa shape index (κ1) is 17.2. The molecule has 1 aromatic carbocycles. The standard InChI is InChI=1S/C17H26BrNO/c1-12(2)10-15(18)11-19-16(20)13-6-8-14(9-7-13)17(3,4)5/h6-9,12,15H,10-11H2,1-5H3,(H,19,20). The molecule has 0 fully saturated rings. The summed E-state index contributed by atoms with van der Waals surface area (Å²) >= 11 is 3.60. The lowest BCUT2D eigenvalue weighted by Crippen LogP contribution is -2.30. The Bertz CT molecular complexity index is 431. The lowest BCUT2D eigenvalue weighted by atomic mass is 9.87. The van der Waals surface area contributed by atoms with Gasteiger partial charge in [0.1, 0.15) is 0 Å². The van der Waals surface area contributed by atoms with Crippen molar-refractivity contribution in [1.82, 2.24) is 5.32 Å². The van der Waals surface area contributed by atoms with E-state index >= 15 is 0 Å². The van der Waals surface area contributed by atoms with Crippen LogP contribution in [0.4, 0.5) is 0 Å². The maximum absolute atomic E-state index is 12.1. The van der Waals surface area contributed by atoms with Gasteiger partial charge in [-0.3, -0.25) is 4.79 Å². The summed E-state index contributed by atoms with van der Waals surface area (Å²) in [5, 5.41) is 2.98. The molecule has 1 amide bonds. The van der Waals surface area contributed by atoms with Gasteiger partial charge in [0.25, 0.3) is 5.91 Å². The van der Waals surface area contributed by atoms with Gasteiger partial charge in [0.15, 0.2) is 0 Å². The summed E-state index contributed by atoms with van der Waals surface area (Å²) in [6, 6.07) is 7.88. The van der Waals surface area contributed by atoms with E-state index in [-0.39, 0.29) is 11.3 Å². The highest BCUT2D eigenvalue weighted by atomic mass is 79.9. The van der Waals surface area contributed by atoms with Crippen molar-refractivity contribution < 1.29 is 4.79 Å². The van der Waals surface area contributed by atoms with Crippen LogP contribution in [0, 0.1) is 5.92 Å². The molecule has 0 bridgehead atoms. The first-order chi connectivity index (χ1) is 9.20. The Labute approximate surface area is 131 Å². The second kappa shape index (κ2) is 7.26. The number of carbonyl (C=O) groups is 1. The van der Waals surface area contributed by atoms with Crippen molar-refractivity contribution in [3.63, 3.8) is 0 Å². The van der Waals surface area contributed by atoms with E-state index in [0.29, 0.717) is 17.3 Å². The fourth-order valence-corrected chi connectivity index (χ4v) is 2.93. The van der Waals surface area contributed by atoms with Crippen molar-refractivity contribution in [2.75, 3.05) is 6.54 Å².